The van der Waals surface area contributed by atoms with Crippen LogP contribution in [0.25, 0.3) is 0 Å². The Labute approximate surface area is 134 Å². The average Bonchev–Trinajstić information content (AvgIpc) is 2.97. The van der Waals surface area contributed by atoms with Crippen molar-refractivity contribution in [2.75, 3.05) is 39.8 Å². The Balaban J connectivity index is 1.35. The van der Waals surface area contributed by atoms with Gasteiger partial charge in [-0.1, -0.05) is 0 Å². The largest absolute Gasteiger partial charge is 0.374 e. The summed E-state index contributed by atoms with van der Waals surface area (Å²) in [6.07, 6.45) is 6.36. The summed E-state index contributed by atoms with van der Waals surface area (Å²) in [5, 5.41) is 3.50. The second-order valence-electron chi connectivity index (χ2n) is 7.47. The summed E-state index contributed by atoms with van der Waals surface area (Å²) in [6, 6.07) is 0.830. The van der Waals surface area contributed by atoms with E-state index in [9.17, 15) is 0 Å². The highest BCUT2D eigenvalue weighted by atomic mass is 16.5. The van der Waals surface area contributed by atoms with Crippen molar-refractivity contribution in [3.63, 3.8) is 0 Å². The molecular formula is C17H30N4O. The predicted octanol–water partition coefficient (Wildman–Crippen LogP) is 1.16. The molecule has 22 heavy (non-hydrogen) atoms. The zero-order valence-electron chi connectivity index (χ0n) is 14.0. The van der Waals surface area contributed by atoms with Gasteiger partial charge in [0.05, 0.1) is 18.8 Å². The maximum Gasteiger partial charge on any atom is 0.193 e. The van der Waals surface area contributed by atoms with Crippen molar-refractivity contribution >= 4 is 5.96 Å². The Morgan fingerprint density at radius 2 is 1.86 bits per heavy atom. The summed E-state index contributed by atoms with van der Waals surface area (Å²) in [5.41, 5.74) is 0. The number of ether oxygens (including phenoxy) is 1. The Morgan fingerprint density at radius 3 is 2.45 bits per heavy atom. The number of likely N-dealkylation sites (N-methyl/N-ethyl adjacent to an activating group) is 1. The molecule has 0 aromatic rings. The van der Waals surface area contributed by atoms with E-state index in [1.807, 2.05) is 0 Å². The molecule has 124 valence electrons. The molecule has 1 N–H and O–H groups in total. The number of nitrogens with zero attached hydrogens (tertiary/aromatic N) is 3. The van der Waals surface area contributed by atoms with Crippen molar-refractivity contribution in [1.82, 2.24) is 15.1 Å². The van der Waals surface area contributed by atoms with Crippen LogP contribution in [0.1, 0.15) is 32.6 Å². The van der Waals surface area contributed by atoms with Gasteiger partial charge >= 0.3 is 0 Å². The Morgan fingerprint density at radius 1 is 1.18 bits per heavy atom. The third-order valence-electron chi connectivity index (χ3n) is 5.97. The van der Waals surface area contributed by atoms with E-state index in [0.29, 0.717) is 12.2 Å². The lowest BCUT2D eigenvalue weighted by atomic mass is 9.82. The summed E-state index contributed by atoms with van der Waals surface area (Å²) in [5.74, 6) is 2.62. The maximum absolute atomic E-state index is 6.08. The molecule has 2 bridgehead atoms. The van der Waals surface area contributed by atoms with Crippen LogP contribution in [0.4, 0.5) is 0 Å². The molecule has 3 saturated heterocycles. The fraction of sp³-hybridized carbons (Fsp3) is 0.941. The van der Waals surface area contributed by atoms with E-state index in [1.54, 1.807) is 0 Å². The number of rotatable bonds is 5. The van der Waals surface area contributed by atoms with Crippen molar-refractivity contribution in [2.45, 2.75) is 50.9 Å². The fourth-order valence-corrected chi connectivity index (χ4v) is 4.57. The third-order valence-corrected chi connectivity index (χ3v) is 5.97. The van der Waals surface area contributed by atoms with Gasteiger partial charge in [-0.15, -0.1) is 0 Å². The van der Waals surface area contributed by atoms with Crippen molar-refractivity contribution in [3.05, 3.63) is 0 Å². The normalized spacial score (nSPS) is 37.2. The second kappa shape index (κ2) is 6.00. The summed E-state index contributed by atoms with van der Waals surface area (Å²) >= 11 is 0. The van der Waals surface area contributed by atoms with E-state index in [0.717, 1.165) is 56.6 Å². The molecule has 0 spiro atoms. The van der Waals surface area contributed by atoms with Gasteiger partial charge < -0.3 is 19.9 Å². The number of guanidine groups is 1. The van der Waals surface area contributed by atoms with E-state index < -0.39 is 0 Å². The molecule has 0 amide bonds. The lowest BCUT2D eigenvalue weighted by molar-refractivity contribution is 0.0767. The average molecular weight is 306 g/mol. The first kappa shape index (κ1) is 14.8. The molecule has 0 aromatic heterocycles. The fourth-order valence-electron chi connectivity index (χ4n) is 4.57. The van der Waals surface area contributed by atoms with Crippen LogP contribution >= 0.6 is 0 Å². The van der Waals surface area contributed by atoms with Crippen LogP contribution in [0.15, 0.2) is 4.99 Å². The highest BCUT2D eigenvalue weighted by Gasteiger charge is 2.53. The zero-order valence-corrected chi connectivity index (χ0v) is 14.0. The second-order valence-corrected chi connectivity index (χ2v) is 7.47. The van der Waals surface area contributed by atoms with Crippen LogP contribution in [0, 0.1) is 11.8 Å². The van der Waals surface area contributed by atoms with E-state index in [2.05, 4.69) is 29.1 Å². The minimum Gasteiger partial charge on any atom is -0.374 e. The molecule has 4 aliphatic rings. The number of aliphatic imine (C=N–C) groups is 1. The Bertz CT molecular complexity index is 418. The van der Waals surface area contributed by atoms with Gasteiger partial charge in [-0.2, -0.15) is 0 Å². The van der Waals surface area contributed by atoms with Crippen LogP contribution in [-0.4, -0.2) is 73.8 Å². The summed E-state index contributed by atoms with van der Waals surface area (Å²) in [4.78, 5) is 9.84. The summed E-state index contributed by atoms with van der Waals surface area (Å²) in [6.45, 7) is 7.37. The minimum atomic E-state index is 0.531. The van der Waals surface area contributed by atoms with Crippen LogP contribution < -0.4 is 5.32 Å². The molecule has 3 heterocycles. The van der Waals surface area contributed by atoms with Crippen molar-refractivity contribution < 1.29 is 4.74 Å². The molecule has 0 aromatic carbocycles. The molecule has 4 atom stereocenters. The number of hydrogen-bond donors (Lipinski definition) is 1. The van der Waals surface area contributed by atoms with E-state index in [1.165, 1.54) is 25.7 Å². The van der Waals surface area contributed by atoms with Gasteiger partial charge in [0.25, 0.3) is 0 Å². The molecule has 3 aliphatic heterocycles. The molecule has 4 fully saturated rings. The van der Waals surface area contributed by atoms with Crippen molar-refractivity contribution in [2.24, 2.45) is 16.8 Å². The molecule has 4 rings (SSSR count). The highest BCUT2D eigenvalue weighted by Crippen LogP contribution is 2.47. The SMILES string of the molecule is CCNC(=NCCN(C)C1CC1)N1CC2C3CCC(O3)C2C1. The first-order chi connectivity index (χ1) is 10.8. The van der Waals surface area contributed by atoms with Crippen LogP contribution in [0.2, 0.25) is 0 Å². The number of nitrogens with one attached hydrogen (secondary N) is 1. The Kier molecular flexibility index (Phi) is 4.03. The summed E-state index contributed by atoms with van der Waals surface area (Å²) in [7, 11) is 2.23. The van der Waals surface area contributed by atoms with E-state index in [4.69, 9.17) is 9.73 Å². The van der Waals surface area contributed by atoms with Gasteiger partial charge in [0.1, 0.15) is 0 Å². The van der Waals surface area contributed by atoms with Crippen molar-refractivity contribution in [3.8, 4) is 0 Å². The van der Waals surface area contributed by atoms with E-state index >= 15 is 0 Å². The molecule has 5 heteroatoms. The number of fused-ring (bicyclic) bond motifs is 5. The molecule has 0 radical (unpaired) electrons. The standard InChI is InChI=1S/C17H30N4O/c1-3-18-17(19-8-9-20(2)12-4-5-12)21-10-13-14(11-21)16-7-6-15(13)22-16/h12-16H,3-11H2,1-2H3,(H,18,19). The predicted molar refractivity (Wildman–Crippen MR) is 88.1 cm³/mol. The smallest absolute Gasteiger partial charge is 0.193 e. The van der Waals surface area contributed by atoms with Gasteiger partial charge in [-0.05, 0) is 39.7 Å². The van der Waals surface area contributed by atoms with Crippen LogP contribution in [0.3, 0.4) is 0 Å². The maximum atomic E-state index is 6.08. The lowest BCUT2D eigenvalue weighted by Gasteiger charge is -2.24. The van der Waals surface area contributed by atoms with Gasteiger partial charge in [0, 0.05) is 44.1 Å². The number of likely N-dealkylation sites (tertiary alicyclic amines) is 1. The van der Waals surface area contributed by atoms with Gasteiger partial charge in [-0.25, -0.2) is 0 Å². The van der Waals surface area contributed by atoms with Crippen LogP contribution in [-0.2, 0) is 4.74 Å². The van der Waals surface area contributed by atoms with Gasteiger partial charge in [0.2, 0.25) is 0 Å². The third kappa shape index (κ3) is 2.73. The quantitative estimate of drug-likeness (QED) is 0.611. The number of hydrogen-bond acceptors (Lipinski definition) is 3. The Hall–Kier alpha value is -0.810. The topological polar surface area (TPSA) is 40.1 Å². The highest BCUT2D eigenvalue weighted by molar-refractivity contribution is 5.80. The molecule has 4 unspecified atom stereocenters. The first-order valence-electron chi connectivity index (χ1n) is 9.15. The molecule has 1 aliphatic carbocycles. The first-order valence-corrected chi connectivity index (χ1v) is 9.15. The molecule has 1 saturated carbocycles. The van der Waals surface area contributed by atoms with Crippen molar-refractivity contribution in [1.29, 1.82) is 0 Å². The molecular weight excluding hydrogens is 276 g/mol. The lowest BCUT2D eigenvalue weighted by Crippen LogP contribution is -2.41. The monoisotopic (exact) mass is 306 g/mol. The zero-order chi connectivity index (χ0) is 15.1. The molecule has 5 nitrogen and oxygen atoms in total. The minimum absolute atomic E-state index is 0.531. The van der Waals surface area contributed by atoms with E-state index in [-0.39, 0.29) is 0 Å². The van der Waals surface area contributed by atoms with Gasteiger partial charge in [-0.3, -0.25) is 4.99 Å². The van der Waals surface area contributed by atoms with Crippen LogP contribution in [0.5, 0.6) is 0 Å². The van der Waals surface area contributed by atoms with Gasteiger partial charge in [0.15, 0.2) is 5.96 Å². The summed E-state index contributed by atoms with van der Waals surface area (Å²) < 4.78 is 6.08.